The van der Waals surface area contributed by atoms with Crippen LogP contribution in [-0.4, -0.2) is 22.5 Å². The minimum atomic E-state index is 0. The normalized spacial score (nSPS) is 11.2. The molecule has 1 aromatic carbocycles. The van der Waals surface area contributed by atoms with Crippen LogP contribution in [0.15, 0.2) is 39.9 Å². The van der Waals surface area contributed by atoms with Crippen molar-refractivity contribution in [3.05, 3.63) is 57.4 Å². The Morgan fingerprint density at radius 3 is 2.50 bits per heavy atom. The van der Waals surface area contributed by atoms with E-state index in [0.29, 0.717) is 19.0 Å². The van der Waals surface area contributed by atoms with Crippen molar-refractivity contribution in [2.75, 3.05) is 6.54 Å². The highest BCUT2D eigenvalue weighted by molar-refractivity contribution is 14.0. The quantitative estimate of drug-likeness (QED) is 0.288. The summed E-state index contributed by atoms with van der Waals surface area (Å²) in [7, 11) is 0. The number of halogens is 1. The molecule has 0 fully saturated rings. The van der Waals surface area contributed by atoms with Crippen LogP contribution in [0.3, 0.4) is 0 Å². The third kappa shape index (κ3) is 6.03. The molecule has 0 spiro atoms. The maximum absolute atomic E-state index is 5.60. The van der Waals surface area contributed by atoms with Gasteiger partial charge in [-0.15, -0.1) is 35.3 Å². The van der Waals surface area contributed by atoms with E-state index < -0.39 is 0 Å². The number of thiazole rings is 1. The Balaban J connectivity index is 0.00000280. The minimum Gasteiger partial charge on any atom is -0.444 e. The van der Waals surface area contributed by atoms with Gasteiger partial charge in [0.25, 0.3) is 0 Å². The number of nitrogens with one attached hydrogen (secondary N) is 2. The first-order chi connectivity index (χ1) is 13.0. The van der Waals surface area contributed by atoms with E-state index >= 15 is 0 Å². The Labute approximate surface area is 186 Å². The number of guanidine groups is 1. The highest BCUT2D eigenvalue weighted by atomic mass is 127. The molecule has 2 heterocycles. The summed E-state index contributed by atoms with van der Waals surface area (Å²) in [5, 5.41) is 7.62. The fourth-order valence-electron chi connectivity index (χ4n) is 2.48. The number of hydrogen-bond donors (Lipinski definition) is 2. The zero-order valence-electron chi connectivity index (χ0n) is 16.6. The lowest BCUT2D eigenvalue weighted by Gasteiger charge is -2.09. The van der Waals surface area contributed by atoms with Crippen molar-refractivity contribution in [2.45, 2.75) is 40.8 Å². The first kappa shape index (κ1) is 22.4. The summed E-state index contributed by atoms with van der Waals surface area (Å²) >= 11 is 1.71. The van der Waals surface area contributed by atoms with Gasteiger partial charge in [0.2, 0.25) is 5.89 Å². The number of aryl methyl sites for hydroxylation is 3. The Morgan fingerprint density at radius 2 is 1.86 bits per heavy atom. The Hall–Kier alpha value is -1.94. The largest absolute Gasteiger partial charge is 0.444 e. The number of aromatic nitrogens is 2. The summed E-state index contributed by atoms with van der Waals surface area (Å²) in [5.41, 5.74) is 4.06. The highest BCUT2D eigenvalue weighted by Gasteiger charge is 2.08. The summed E-state index contributed by atoms with van der Waals surface area (Å²) in [6.45, 7) is 10.1. The van der Waals surface area contributed by atoms with Crippen molar-refractivity contribution in [2.24, 2.45) is 4.99 Å². The van der Waals surface area contributed by atoms with Crippen molar-refractivity contribution >= 4 is 41.3 Å². The molecule has 3 rings (SSSR count). The molecule has 0 saturated carbocycles. The molecule has 0 bridgehead atoms. The van der Waals surface area contributed by atoms with Crippen LogP contribution >= 0.6 is 35.3 Å². The standard InChI is InChI=1S/C20H25N5OS.HI/c1-5-21-20(23-11-18-24-14(3)15(4)27-18)22-10-17-12-26-19(25-17)16-8-6-13(2)7-9-16;/h6-9,12H,5,10-11H2,1-4H3,(H2,21,22,23);1H. The molecule has 28 heavy (non-hydrogen) atoms. The predicted molar refractivity (Wildman–Crippen MR) is 125 cm³/mol. The van der Waals surface area contributed by atoms with Crippen LogP contribution in [-0.2, 0) is 13.1 Å². The maximum atomic E-state index is 5.60. The molecule has 0 aliphatic carbocycles. The van der Waals surface area contributed by atoms with Gasteiger partial charge in [-0.25, -0.2) is 15.0 Å². The first-order valence-electron chi connectivity index (χ1n) is 9.01. The van der Waals surface area contributed by atoms with Gasteiger partial charge < -0.3 is 15.1 Å². The third-order valence-corrected chi connectivity index (χ3v) is 5.15. The zero-order chi connectivity index (χ0) is 19.2. The van der Waals surface area contributed by atoms with Gasteiger partial charge in [0.05, 0.1) is 18.8 Å². The Kier molecular flexibility index (Phi) is 8.43. The monoisotopic (exact) mass is 511 g/mol. The van der Waals surface area contributed by atoms with Gasteiger partial charge in [-0.3, -0.25) is 0 Å². The number of rotatable bonds is 6. The Bertz CT molecular complexity index is 898. The summed E-state index contributed by atoms with van der Waals surface area (Å²) in [4.78, 5) is 14.9. The van der Waals surface area contributed by atoms with Crippen LogP contribution in [0, 0.1) is 20.8 Å². The number of aliphatic imine (C=N–C) groups is 1. The van der Waals surface area contributed by atoms with E-state index in [4.69, 9.17) is 4.42 Å². The van der Waals surface area contributed by atoms with Gasteiger partial charge in [0.15, 0.2) is 5.96 Å². The topological polar surface area (TPSA) is 75.3 Å². The van der Waals surface area contributed by atoms with E-state index in [2.05, 4.69) is 39.4 Å². The van der Waals surface area contributed by atoms with E-state index in [1.807, 2.05) is 38.1 Å². The van der Waals surface area contributed by atoms with Crippen molar-refractivity contribution in [1.82, 2.24) is 20.6 Å². The lowest BCUT2D eigenvalue weighted by Crippen LogP contribution is -2.36. The molecule has 0 atom stereocenters. The molecule has 2 N–H and O–H groups in total. The molecule has 0 radical (unpaired) electrons. The fourth-order valence-corrected chi connectivity index (χ4v) is 3.36. The van der Waals surface area contributed by atoms with Crippen molar-refractivity contribution in [3.8, 4) is 11.5 Å². The van der Waals surface area contributed by atoms with Gasteiger partial charge in [-0.2, -0.15) is 0 Å². The van der Waals surface area contributed by atoms with E-state index in [-0.39, 0.29) is 24.0 Å². The lowest BCUT2D eigenvalue weighted by molar-refractivity contribution is 0.572. The second-order valence-corrected chi connectivity index (χ2v) is 7.60. The fraction of sp³-hybridized carbons (Fsp3) is 0.350. The van der Waals surface area contributed by atoms with Crippen molar-refractivity contribution in [3.63, 3.8) is 0 Å². The molecule has 0 aliphatic heterocycles. The van der Waals surface area contributed by atoms with Crippen molar-refractivity contribution < 1.29 is 4.42 Å². The van der Waals surface area contributed by atoms with Gasteiger partial charge in [0, 0.05) is 17.0 Å². The smallest absolute Gasteiger partial charge is 0.226 e. The van der Waals surface area contributed by atoms with Crippen LogP contribution in [0.2, 0.25) is 0 Å². The van der Waals surface area contributed by atoms with Crippen LogP contribution in [0.5, 0.6) is 0 Å². The number of benzene rings is 1. The molecule has 3 aromatic rings. The molecule has 2 aromatic heterocycles. The molecule has 0 amide bonds. The van der Waals surface area contributed by atoms with E-state index in [0.717, 1.165) is 34.5 Å². The number of oxazole rings is 1. The van der Waals surface area contributed by atoms with Crippen LogP contribution < -0.4 is 10.6 Å². The van der Waals surface area contributed by atoms with Crippen LogP contribution in [0.4, 0.5) is 0 Å². The van der Waals surface area contributed by atoms with E-state index in [1.54, 1.807) is 17.6 Å². The molecule has 0 saturated heterocycles. The number of hydrogen-bond acceptors (Lipinski definition) is 5. The lowest BCUT2D eigenvalue weighted by atomic mass is 10.1. The average Bonchev–Trinajstić information content (AvgIpc) is 3.25. The summed E-state index contributed by atoms with van der Waals surface area (Å²) in [6, 6.07) is 8.12. The number of nitrogens with zero attached hydrogens (tertiary/aromatic N) is 3. The first-order valence-corrected chi connectivity index (χ1v) is 9.83. The Morgan fingerprint density at radius 1 is 1.11 bits per heavy atom. The van der Waals surface area contributed by atoms with E-state index in [9.17, 15) is 0 Å². The maximum Gasteiger partial charge on any atom is 0.226 e. The molecule has 8 heteroatoms. The van der Waals surface area contributed by atoms with Gasteiger partial charge in [-0.05, 0) is 39.8 Å². The summed E-state index contributed by atoms with van der Waals surface area (Å²) < 4.78 is 5.60. The van der Waals surface area contributed by atoms with Gasteiger partial charge in [0.1, 0.15) is 17.0 Å². The zero-order valence-corrected chi connectivity index (χ0v) is 19.7. The molecule has 150 valence electrons. The molecule has 0 aliphatic rings. The van der Waals surface area contributed by atoms with Crippen molar-refractivity contribution in [1.29, 1.82) is 0 Å². The molecule has 0 unspecified atom stereocenters. The summed E-state index contributed by atoms with van der Waals surface area (Å²) in [5.74, 6) is 1.36. The van der Waals surface area contributed by atoms with E-state index in [1.165, 1.54) is 10.4 Å². The average molecular weight is 511 g/mol. The van der Waals surface area contributed by atoms with Gasteiger partial charge >= 0.3 is 0 Å². The third-order valence-electron chi connectivity index (χ3n) is 4.07. The predicted octanol–water partition coefficient (Wildman–Crippen LogP) is 4.60. The second-order valence-electron chi connectivity index (χ2n) is 6.31. The molecular formula is C20H26IN5OS. The molecule has 6 nitrogen and oxygen atoms in total. The minimum absolute atomic E-state index is 0. The highest BCUT2D eigenvalue weighted by Crippen LogP contribution is 2.19. The van der Waals surface area contributed by atoms with Crippen LogP contribution in [0.25, 0.3) is 11.5 Å². The second kappa shape index (κ2) is 10.6. The van der Waals surface area contributed by atoms with Crippen LogP contribution in [0.1, 0.15) is 33.8 Å². The molecular weight excluding hydrogens is 485 g/mol. The van der Waals surface area contributed by atoms with Gasteiger partial charge in [-0.1, -0.05) is 17.7 Å². The SMILES string of the molecule is CCNC(=NCc1coc(-c2ccc(C)cc2)n1)NCc1nc(C)c(C)s1.I. The summed E-state index contributed by atoms with van der Waals surface area (Å²) in [6.07, 6.45) is 1.66.